The summed E-state index contributed by atoms with van der Waals surface area (Å²) in [6, 6.07) is 2.57. The van der Waals surface area contributed by atoms with Gasteiger partial charge in [-0.3, -0.25) is 14.7 Å². The summed E-state index contributed by atoms with van der Waals surface area (Å²) in [5.74, 6) is 5.75. The Kier molecular flexibility index (Phi) is 4.18. The fourth-order valence-corrected chi connectivity index (χ4v) is 2.69. The molecule has 2 N–H and O–H groups in total. The van der Waals surface area contributed by atoms with E-state index in [1.165, 1.54) is 12.8 Å². The molecule has 5 nitrogen and oxygen atoms in total. The number of pyridine rings is 1. The predicted molar refractivity (Wildman–Crippen MR) is 80.7 cm³/mol. The summed E-state index contributed by atoms with van der Waals surface area (Å²) >= 11 is 0. The number of aromatic nitrogens is 1. The lowest BCUT2D eigenvalue weighted by Gasteiger charge is -2.34. The van der Waals surface area contributed by atoms with Crippen molar-refractivity contribution in [1.82, 2.24) is 14.8 Å². The molecular formula is C16H20N4O. The Labute approximate surface area is 125 Å². The molecule has 1 aliphatic carbocycles. The molecule has 2 aliphatic rings. The second-order valence-electron chi connectivity index (χ2n) is 5.53. The maximum atomic E-state index is 12.5. The van der Waals surface area contributed by atoms with Crippen LogP contribution in [0.1, 0.15) is 28.8 Å². The van der Waals surface area contributed by atoms with E-state index in [-0.39, 0.29) is 5.91 Å². The molecule has 1 aromatic heterocycles. The quantitative estimate of drug-likeness (QED) is 0.794. The summed E-state index contributed by atoms with van der Waals surface area (Å²) < 4.78 is 0. The van der Waals surface area contributed by atoms with Gasteiger partial charge in [-0.25, -0.2) is 0 Å². The van der Waals surface area contributed by atoms with Crippen LogP contribution >= 0.6 is 0 Å². The van der Waals surface area contributed by atoms with E-state index in [1.807, 2.05) is 4.90 Å². The van der Waals surface area contributed by atoms with E-state index in [4.69, 9.17) is 5.73 Å². The van der Waals surface area contributed by atoms with Crippen molar-refractivity contribution in [2.24, 2.45) is 5.73 Å². The highest BCUT2D eigenvalue weighted by Crippen LogP contribution is 2.27. The molecular weight excluding hydrogens is 264 g/mol. The number of nitrogens with two attached hydrogens (primary N) is 1. The average Bonchev–Trinajstić information content (AvgIpc) is 3.37. The number of amides is 1. The molecule has 0 atom stereocenters. The van der Waals surface area contributed by atoms with Gasteiger partial charge in [-0.05, 0) is 18.9 Å². The summed E-state index contributed by atoms with van der Waals surface area (Å²) in [5.41, 5.74) is 6.71. The number of nitrogens with zero attached hydrogens (tertiary/aromatic N) is 3. The fourth-order valence-electron chi connectivity index (χ4n) is 2.69. The molecule has 5 heteroatoms. The van der Waals surface area contributed by atoms with E-state index >= 15 is 0 Å². The van der Waals surface area contributed by atoms with Crippen LogP contribution in [0.25, 0.3) is 0 Å². The van der Waals surface area contributed by atoms with Crippen LogP contribution < -0.4 is 5.73 Å². The van der Waals surface area contributed by atoms with Gasteiger partial charge in [0.15, 0.2) is 0 Å². The first kappa shape index (κ1) is 14.1. The molecule has 1 saturated heterocycles. The molecule has 1 aliphatic heterocycles. The molecule has 0 aromatic carbocycles. The molecule has 0 radical (unpaired) electrons. The fraction of sp³-hybridized carbons (Fsp3) is 0.500. The van der Waals surface area contributed by atoms with E-state index in [9.17, 15) is 4.79 Å². The first-order chi connectivity index (χ1) is 10.3. The third-order valence-corrected chi connectivity index (χ3v) is 3.98. The minimum Gasteiger partial charge on any atom is -0.336 e. The zero-order valence-electron chi connectivity index (χ0n) is 12.1. The molecule has 1 amide bonds. The molecule has 2 fully saturated rings. The van der Waals surface area contributed by atoms with E-state index in [0.717, 1.165) is 37.8 Å². The number of hydrogen-bond donors (Lipinski definition) is 1. The lowest BCUT2D eigenvalue weighted by atomic mass is 10.1. The van der Waals surface area contributed by atoms with E-state index < -0.39 is 0 Å². The van der Waals surface area contributed by atoms with Crippen LogP contribution in [-0.4, -0.2) is 59.5 Å². The third kappa shape index (κ3) is 3.41. The smallest absolute Gasteiger partial charge is 0.255 e. The second-order valence-corrected chi connectivity index (χ2v) is 5.53. The minimum absolute atomic E-state index is 0.0503. The Morgan fingerprint density at radius 2 is 2.05 bits per heavy atom. The summed E-state index contributed by atoms with van der Waals surface area (Å²) in [5, 5.41) is 0. The summed E-state index contributed by atoms with van der Waals surface area (Å²) in [7, 11) is 0. The van der Waals surface area contributed by atoms with Gasteiger partial charge < -0.3 is 10.6 Å². The molecule has 2 heterocycles. The molecule has 3 rings (SSSR count). The molecule has 1 saturated carbocycles. The topological polar surface area (TPSA) is 62.5 Å². The van der Waals surface area contributed by atoms with Crippen molar-refractivity contribution in [2.75, 3.05) is 32.7 Å². The normalized spacial score (nSPS) is 19.0. The highest BCUT2D eigenvalue weighted by molar-refractivity contribution is 5.94. The van der Waals surface area contributed by atoms with Gasteiger partial charge in [-0.15, -0.1) is 0 Å². The largest absolute Gasteiger partial charge is 0.336 e. The second kappa shape index (κ2) is 6.25. The van der Waals surface area contributed by atoms with Crippen molar-refractivity contribution in [3.63, 3.8) is 0 Å². The number of carbonyl (C=O) groups is 1. The Morgan fingerprint density at radius 1 is 1.29 bits per heavy atom. The third-order valence-electron chi connectivity index (χ3n) is 3.98. The standard InChI is InChI=1S/C16H20N4O/c17-5-1-2-13-10-14(12-18-11-13)16(21)20-8-6-19(7-9-20)15-3-4-15/h10-12,15H,3-9,17H2. The van der Waals surface area contributed by atoms with Gasteiger partial charge in [0.25, 0.3) is 5.91 Å². The van der Waals surface area contributed by atoms with Gasteiger partial charge in [0.05, 0.1) is 12.1 Å². The highest BCUT2D eigenvalue weighted by atomic mass is 16.2. The van der Waals surface area contributed by atoms with Crippen LogP contribution in [-0.2, 0) is 0 Å². The summed E-state index contributed by atoms with van der Waals surface area (Å²) in [6.07, 6.45) is 5.91. The van der Waals surface area contributed by atoms with E-state index in [1.54, 1.807) is 18.5 Å². The Hall–Kier alpha value is -1.90. The van der Waals surface area contributed by atoms with Crippen LogP contribution in [0.15, 0.2) is 18.5 Å². The van der Waals surface area contributed by atoms with Gasteiger partial charge in [0, 0.05) is 50.2 Å². The van der Waals surface area contributed by atoms with Crippen molar-refractivity contribution in [3.8, 4) is 11.8 Å². The predicted octanol–water partition coefficient (Wildman–Crippen LogP) is 0.312. The highest BCUT2D eigenvalue weighted by Gasteiger charge is 2.32. The first-order valence-corrected chi connectivity index (χ1v) is 7.45. The first-order valence-electron chi connectivity index (χ1n) is 7.45. The van der Waals surface area contributed by atoms with Crippen LogP contribution in [0, 0.1) is 11.8 Å². The van der Waals surface area contributed by atoms with Crippen molar-refractivity contribution < 1.29 is 4.79 Å². The Balaban J connectivity index is 1.64. The molecule has 1 aromatic rings. The van der Waals surface area contributed by atoms with Crippen molar-refractivity contribution in [2.45, 2.75) is 18.9 Å². The summed E-state index contributed by atoms with van der Waals surface area (Å²) in [4.78, 5) is 21.0. The number of rotatable bonds is 2. The van der Waals surface area contributed by atoms with Crippen LogP contribution in [0.4, 0.5) is 0 Å². The van der Waals surface area contributed by atoms with Crippen molar-refractivity contribution in [1.29, 1.82) is 0 Å². The minimum atomic E-state index is 0.0503. The molecule has 21 heavy (non-hydrogen) atoms. The zero-order chi connectivity index (χ0) is 14.7. The molecule has 0 bridgehead atoms. The lowest BCUT2D eigenvalue weighted by molar-refractivity contribution is 0.0627. The van der Waals surface area contributed by atoms with Gasteiger partial charge in [-0.2, -0.15) is 0 Å². The maximum absolute atomic E-state index is 12.5. The lowest BCUT2D eigenvalue weighted by Crippen LogP contribution is -2.49. The number of hydrogen-bond acceptors (Lipinski definition) is 4. The number of piperazine rings is 1. The van der Waals surface area contributed by atoms with Crippen molar-refractivity contribution in [3.05, 3.63) is 29.6 Å². The van der Waals surface area contributed by atoms with E-state index in [0.29, 0.717) is 12.1 Å². The average molecular weight is 284 g/mol. The van der Waals surface area contributed by atoms with E-state index in [2.05, 4.69) is 21.7 Å². The Bertz CT molecular complexity index is 577. The number of carbonyl (C=O) groups excluding carboxylic acids is 1. The SMILES string of the molecule is NCC#Cc1cncc(C(=O)N2CCN(C3CC3)CC2)c1. The Morgan fingerprint density at radius 3 is 2.71 bits per heavy atom. The zero-order valence-corrected chi connectivity index (χ0v) is 12.1. The van der Waals surface area contributed by atoms with Gasteiger partial charge in [0.1, 0.15) is 0 Å². The maximum Gasteiger partial charge on any atom is 0.255 e. The van der Waals surface area contributed by atoms with Crippen molar-refractivity contribution >= 4 is 5.91 Å². The van der Waals surface area contributed by atoms with Crippen LogP contribution in [0.5, 0.6) is 0 Å². The van der Waals surface area contributed by atoms with Gasteiger partial charge >= 0.3 is 0 Å². The molecule has 110 valence electrons. The van der Waals surface area contributed by atoms with Crippen LogP contribution in [0.2, 0.25) is 0 Å². The van der Waals surface area contributed by atoms with Gasteiger partial charge in [0.2, 0.25) is 0 Å². The molecule has 0 spiro atoms. The monoisotopic (exact) mass is 284 g/mol. The molecule has 0 unspecified atom stereocenters. The summed E-state index contributed by atoms with van der Waals surface area (Å²) in [6.45, 7) is 3.87. The van der Waals surface area contributed by atoms with Gasteiger partial charge in [-0.1, -0.05) is 11.8 Å². The van der Waals surface area contributed by atoms with Crippen LogP contribution in [0.3, 0.4) is 0 Å².